The SMILES string of the molecule is COc1ccc2nc3c(c(-c4ccccc4)c2c1)C(=O)c1ccccc1C3=O. The molecule has 1 heterocycles. The summed E-state index contributed by atoms with van der Waals surface area (Å²) >= 11 is 0. The van der Waals surface area contributed by atoms with Gasteiger partial charge in [0.25, 0.3) is 0 Å². The maximum atomic E-state index is 13.4. The summed E-state index contributed by atoms with van der Waals surface area (Å²) in [5.74, 6) is 0.266. The number of carbonyl (C=O) groups excluding carboxylic acids is 2. The van der Waals surface area contributed by atoms with E-state index in [4.69, 9.17) is 4.74 Å². The molecule has 0 saturated heterocycles. The number of aromatic nitrogens is 1. The zero-order valence-electron chi connectivity index (χ0n) is 15.1. The van der Waals surface area contributed by atoms with Crippen LogP contribution in [0.15, 0.2) is 72.8 Å². The van der Waals surface area contributed by atoms with E-state index in [2.05, 4.69) is 4.98 Å². The molecule has 28 heavy (non-hydrogen) atoms. The lowest BCUT2D eigenvalue weighted by molar-refractivity contribution is 0.0976. The second-order valence-corrected chi connectivity index (χ2v) is 6.66. The van der Waals surface area contributed by atoms with Gasteiger partial charge in [0, 0.05) is 22.1 Å². The number of benzene rings is 3. The van der Waals surface area contributed by atoms with Gasteiger partial charge in [0.05, 0.1) is 18.2 Å². The van der Waals surface area contributed by atoms with Crippen LogP contribution >= 0.6 is 0 Å². The normalized spacial score (nSPS) is 12.6. The zero-order valence-corrected chi connectivity index (χ0v) is 15.1. The van der Waals surface area contributed by atoms with Crippen molar-refractivity contribution in [1.82, 2.24) is 4.98 Å². The molecule has 0 N–H and O–H groups in total. The van der Waals surface area contributed by atoms with Crippen molar-refractivity contribution in [2.45, 2.75) is 0 Å². The number of fused-ring (bicyclic) bond motifs is 3. The van der Waals surface area contributed by atoms with Gasteiger partial charge in [-0.15, -0.1) is 0 Å². The molecule has 3 aromatic carbocycles. The van der Waals surface area contributed by atoms with Crippen LogP contribution in [0.4, 0.5) is 0 Å². The van der Waals surface area contributed by atoms with Gasteiger partial charge >= 0.3 is 0 Å². The summed E-state index contributed by atoms with van der Waals surface area (Å²) in [7, 11) is 1.60. The molecule has 4 nitrogen and oxygen atoms in total. The van der Waals surface area contributed by atoms with Crippen molar-refractivity contribution >= 4 is 22.5 Å². The third-order valence-electron chi connectivity index (χ3n) is 5.11. The highest BCUT2D eigenvalue weighted by Crippen LogP contribution is 2.39. The number of hydrogen-bond donors (Lipinski definition) is 0. The molecule has 0 saturated carbocycles. The van der Waals surface area contributed by atoms with E-state index in [-0.39, 0.29) is 17.3 Å². The van der Waals surface area contributed by atoms with Gasteiger partial charge in [-0.25, -0.2) is 4.98 Å². The number of rotatable bonds is 2. The molecule has 0 spiro atoms. The lowest BCUT2D eigenvalue weighted by Crippen LogP contribution is -2.23. The molecule has 1 aliphatic carbocycles. The molecule has 4 heteroatoms. The molecule has 5 rings (SSSR count). The van der Waals surface area contributed by atoms with Crippen LogP contribution in [-0.2, 0) is 0 Å². The van der Waals surface area contributed by atoms with Gasteiger partial charge in [0.2, 0.25) is 5.78 Å². The van der Waals surface area contributed by atoms with Crippen molar-refractivity contribution in [2.24, 2.45) is 0 Å². The Labute approximate surface area is 161 Å². The maximum Gasteiger partial charge on any atom is 0.212 e. The summed E-state index contributed by atoms with van der Waals surface area (Å²) in [4.78, 5) is 31.2. The van der Waals surface area contributed by atoms with E-state index >= 15 is 0 Å². The van der Waals surface area contributed by atoms with Crippen molar-refractivity contribution in [3.05, 3.63) is 95.2 Å². The summed E-state index contributed by atoms with van der Waals surface area (Å²) in [6, 6.07) is 22.0. The van der Waals surface area contributed by atoms with Gasteiger partial charge in [-0.1, -0.05) is 54.6 Å². The van der Waals surface area contributed by atoms with Gasteiger partial charge in [0.1, 0.15) is 11.4 Å². The monoisotopic (exact) mass is 365 g/mol. The molecule has 1 aliphatic rings. The van der Waals surface area contributed by atoms with Crippen LogP contribution in [0.1, 0.15) is 32.0 Å². The standard InChI is InChI=1S/C24H15NO3/c1-28-15-11-12-19-18(13-15)20(14-7-3-2-4-8-14)21-22(25-19)24(27)17-10-6-5-9-16(17)23(21)26/h2-13H,1H3. The Morgan fingerprint density at radius 2 is 1.43 bits per heavy atom. The fourth-order valence-corrected chi connectivity index (χ4v) is 3.80. The van der Waals surface area contributed by atoms with Crippen molar-refractivity contribution in [2.75, 3.05) is 7.11 Å². The number of hydrogen-bond acceptors (Lipinski definition) is 4. The van der Waals surface area contributed by atoms with Crippen molar-refractivity contribution in [3.8, 4) is 16.9 Å². The average molecular weight is 365 g/mol. The molecule has 0 unspecified atom stereocenters. The van der Waals surface area contributed by atoms with Crippen LogP contribution in [0, 0.1) is 0 Å². The Hall–Kier alpha value is -3.79. The van der Waals surface area contributed by atoms with Crippen LogP contribution in [0.3, 0.4) is 0 Å². The van der Waals surface area contributed by atoms with Crippen LogP contribution in [-0.4, -0.2) is 23.7 Å². The maximum absolute atomic E-state index is 13.4. The number of carbonyl (C=O) groups is 2. The highest BCUT2D eigenvalue weighted by atomic mass is 16.5. The van der Waals surface area contributed by atoms with E-state index in [0.29, 0.717) is 33.5 Å². The minimum Gasteiger partial charge on any atom is -0.497 e. The van der Waals surface area contributed by atoms with Crippen molar-refractivity contribution in [3.63, 3.8) is 0 Å². The van der Waals surface area contributed by atoms with E-state index in [9.17, 15) is 9.59 Å². The second-order valence-electron chi connectivity index (χ2n) is 6.66. The molecule has 0 radical (unpaired) electrons. The van der Waals surface area contributed by atoms with Crippen LogP contribution in [0.25, 0.3) is 22.0 Å². The molecule has 1 aromatic heterocycles. The largest absolute Gasteiger partial charge is 0.497 e. The third-order valence-corrected chi connectivity index (χ3v) is 5.11. The molecular formula is C24H15NO3. The van der Waals surface area contributed by atoms with E-state index in [1.807, 2.05) is 42.5 Å². The number of nitrogens with zero attached hydrogens (tertiary/aromatic N) is 1. The molecule has 0 fully saturated rings. The summed E-state index contributed by atoms with van der Waals surface area (Å²) in [5.41, 5.74) is 3.61. The molecule has 4 aromatic rings. The molecular weight excluding hydrogens is 350 g/mol. The lowest BCUT2D eigenvalue weighted by atomic mass is 9.82. The Kier molecular flexibility index (Phi) is 3.59. The van der Waals surface area contributed by atoms with Gasteiger partial charge < -0.3 is 4.74 Å². The Bertz CT molecular complexity index is 1280. The quantitative estimate of drug-likeness (QED) is 0.456. The Morgan fingerprint density at radius 3 is 2.14 bits per heavy atom. The summed E-state index contributed by atoms with van der Waals surface area (Å²) < 4.78 is 5.38. The predicted octanol–water partition coefficient (Wildman–Crippen LogP) is 4.69. The first-order chi connectivity index (χ1) is 13.7. The fourth-order valence-electron chi connectivity index (χ4n) is 3.80. The summed E-state index contributed by atoms with van der Waals surface area (Å²) in [6.45, 7) is 0. The highest BCUT2D eigenvalue weighted by molar-refractivity contribution is 6.31. The number of ketones is 2. The minimum atomic E-state index is -0.222. The summed E-state index contributed by atoms with van der Waals surface area (Å²) in [5, 5.41) is 0.782. The van der Waals surface area contributed by atoms with E-state index in [1.165, 1.54) is 0 Å². The number of methoxy groups -OCH3 is 1. The third kappa shape index (κ3) is 2.28. The van der Waals surface area contributed by atoms with Gasteiger partial charge in [-0.05, 0) is 23.8 Å². The van der Waals surface area contributed by atoms with Crippen LogP contribution in [0.2, 0.25) is 0 Å². The molecule has 134 valence electrons. The second kappa shape index (κ2) is 6.13. The van der Waals surface area contributed by atoms with Crippen molar-refractivity contribution < 1.29 is 14.3 Å². The van der Waals surface area contributed by atoms with Gasteiger partial charge in [0.15, 0.2) is 5.78 Å². The minimum absolute atomic E-state index is 0.179. The molecule has 0 aliphatic heterocycles. The smallest absolute Gasteiger partial charge is 0.212 e. The first-order valence-corrected chi connectivity index (χ1v) is 8.94. The first kappa shape index (κ1) is 16.4. The Balaban J connectivity index is 1.94. The Morgan fingerprint density at radius 1 is 0.750 bits per heavy atom. The lowest BCUT2D eigenvalue weighted by Gasteiger charge is -2.21. The number of pyridine rings is 1. The summed E-state index contributed by atoms with van der Waals surface area (Å²) in [6.07, 6.45) is 0. The first-order valence-electron chi connectivity index (χ1n) is 8.94. The molecule has 0 atom stereocenters. The van der Waals surface area contributed by atoms with E-state index < -0.39 is 0 Å². The average Bonchev–Trinajstić information content (AvgIpc) is 2.76. The van der Waals surface area contributed by atoms with Crippen LogP contribution < -0.4 is 4.74 Å². The highest BCUT2D eigenvalue weighted by Gasteiger charge is 2.34. The number of ether oxygens (including phenoxy) is 1. The van der Waals surface area contributed by atoms with Crippen molar-refractivity contribution in [1.29, 1.82) is 0 Å². The van der Waals surface area contributed by atoms with Gasteiger partial charge in [-0.2, -0.15) is 0 Å². The van der Waals surface area contributed by atoms with Gasteiger partial charge in [-0.3, -0.25) is 9.59 Å². The molecule has 0 amide bonds. The van der Waals surface area contributed by atoms with E-state index in [1.54, 1.807) is 37.4 Å². The van der Waals surface area contributed by atoms with E-state index in [0.717, 1.165) is 10.9 Å². The zero-order chi connectivity index (χ0) is 19.3. The predicted molar refractivity (Wildman–Crippen MR) is 107 cm³/mol. The fraction of sp³-hybridized carbons (Fsp3) is 0.0417. The topological polar surface area (TPSA) is 56.3 Å². The van der Waals surface area contributed by atoms with Crippen LogP contribution in [0.5, 0.6) is 5.75 Å². The molecule has 0 bridgehead atoms.